The molecule has 5 heteroatoms. The van der Waals surface area contributed by atoms with Crippen molar-refractivity contribution in [3.63, 3.8) is 0 Å². The maximum absolute atomic E-state index is 5.90. The van der Waals surface area contributed by atoms with Gasteiger partial charge in [0.2, 0.25) is 0 Å². The first-order valence-electron chi connectivity index (χ1n) is 11.1. The molecule has 0 amide bonds. The van der Waals surface area contributed by atoms with Crippen LogP contribution in [0.25, 0.3) is 0 Å². The number of nitrogens with two attached hydrogens (primary N) is 1. The molecule has 29 heavy (non-hydrogen) atoms. The van der Waals surface area contributed by atoms with E-state index in [1.807, 2.05) is 12.1 Å². The highest BCUT2D eigenvalue weighted by Gasteiger charge is 2.22. The molecule has 2 N–H and O–H groups in total. The number of likely N-dealkylation sites (N-methyl/N-ethyl adjacent to an activating group) is 3. The third-order valence-electron chi connectivity index (χ3n) is 6.08. The number of nitrogen functional groups attached to an aromatic ring is 1. The number of nitrogens with zero attached hydrogens (tertiary/aromatic N) is 4. The highest BCUT2D eigenvalue weighted by Crippen LogP contribution is 2.17. The Bertz CT molecular complexity index is 745. The molecule has 0 saturated carbocycles. The van der Waals surface area contributed by atoms with Gasteiger partial charge < -0.3 is 10.6 Å². The third kappa shape index (κ3) is 6.26. The van der Waals surface area contributed by atoms with E-state index in [-0.39, 0.29) is 0 Å². The standard InChI is InChI=1S/C24H37N5/c1-4-27-14-15-28(5-2)19-24(16-20-10-12-21(25)13-11-20)29(6-3)18-23-9-7-8-22(17-27)26-23/h7-13,24H,4-6,14-19,25H2,1-3H3/t24-/m0/s1. The minimum absolute atomic E-state index is 0.448. The molecule has 2 aromatic rings. The Hall–Kier alpha value is -1.95. The van der Waals surface area contributed by atoms with E-state index in [4.69, 9.17) is 10.7 Å². The molecule has 5 nitrogen and oxygen atoms in total. The van der Waals surface area contributed by atoms with Gasteiger partial charge in [-0.3, -0.25) is 14.8 Å². The first kappa shape index (κ1) is 21.8. The van der Waals surface area contributed by atoms with E-state index < -0.39 is 0 Å². The largest absolute Gasteiger partial charge is 0.399 e. The number of pyridine rings is 1. The summed E-state index contributed by atoms with van der Waals surface area (Å²) in [6, 6.07) is 15.3. The zero-order chi connectivity index (χ0) is 20.6. The summed E-state index contributed by atoms with van der Waals surface area (Å²) in [7, 11) is 0. The van der Waals surface area contributed by atoms with E-state index in [1.54, 1.807) is 0 Å². The van der Waals surface area contributed by atoms with Crippen LogP contribution in [0.5, 0.6) is 0 Å². The van der Waals surface area contributed by atoms with Crippen LogP contribution in [0, 0.1) is 0 Å². The van der Waals surface area contributed by atoms with Crippen LogP contribution in [0.2, 0.25) is 0 Å². The molecule has 2 bridgehead atoms. The average Bonchev–Trinajstić information content (AvgIpc) is 2.74. The normalized spacial score (nSPS) is 20.2. The van der Waals surface area contributed by atoms with E-state index in [0.717, 1.165) is 64.5 Å². The smallest absolute Gasteiger partial charge is 0.0547 e. The number of fused-ring (bicyclic) bond motifs is 2. The minimum atomic E-state index is 0.448. The van der Waals surface area contributed by atoms with Gasteiger partial charge in [-0.25, -0.2) is 0 Å². The molecule has 0 unspecified atom stereocenters. The zero-order valence-corrected chi connectivity index (χ0v) is 18.3. The van der Waals surface area contributed by atoms with Gasteiger partial charge in [-0.1, -0.05) is 39.0 Å². The third-order valence-corrected chi connectivity index (χ3v) is 6.08. The lowest BCUT2D eigenvalue weighted by Gasteiger charge is -2.36. The topological polar surface area (TPSA) is 48.6 Å². The van der Waals surface area contributed by atoms with E-state index >= 15 is 0 Å². The second kappa shape index (κ2) is 10.7. The number of hydrogen-bond donors (Lipinski definition) is 1. The van der Waals surface area contributed by atoms with Gasteiger partial charge in [-0.2, -0.15) is 0 Å². The first-order valence-corrected chi connectivity index (χ1v) is 11.1. The van der Waals surface area contributed by atoms with Crippen molar-refractivity contribution in [3.05, 3.63) is 59.4 Å². The van der Waals surface area contributed by atoms with Crippen LogP contribution in [0.4, 0.5) is 5.69 Å². The Kier molecular flexibility index (Phi) is 8.04. The number of benzene rings is 1. The summed E-state index contributed by atoms with van der Waals surface area (Å²) in [6.07, 6.45) is 1.03. The van der Waals surface area contributed by atoms with Crippen molar-refractivity contribution in [2.45, 2.75) is 46.3 Å². The molecule has 158 valence electrons. The predicted molar refractivity (Wildman–Crippen MR) is 122 cm³/mol. The molecule has 1 atom stereocenters. The molecule has 1 aromatic heterocycles. The van der Waals surface area contributed by atoms with E-state index in [9.17, 15) is 0 Å². The second-order valence-electron chi connectivity index (χ2n) is 8.04. The fraction of sp³-hybridized carbons (Fsp3) is 0.542. The fourth-order valence-electron chi connectivity index (χ4n) is 4.18. The summed E-state index contributed by atoms with van der Waals surface area (Å²) in [4.78, 5) is 12.7. The molecule has 2 heterocycles. The molecule has 1 aliphatic heterocycles. The van der Waals surface area contributed by atoms with Gasteiger partial charge in [0, 0.05) is 44.5 Å². The van der Waals surface area contributed by atoms with Gasteiger partial charge in [-0.15, -0.1) is 0 Å². The number of hydrogen-bond acceptors (Lipinski definition) is 5. The molecule has 3 rings (SSSR count). The summed E-state index contributed by atoms with van der Waals surface area (Å²) in [6.45, 7) is 15.0. The van der Waals surface area contributed by atoms with Crippen molar-refractivity contribution < 1.29 is 0 Å². The van der Waals surface area contributed by atoms with Crippen molar-refractivity contribution in [3.8, 4) is 0 Å². The molecule has 0 spiro atoms. The van der Waals surface area contributed by atoms with Crippen molar-refractivity contribution >= 4 is 5.69 Å². The van der Waals surface area contributed by atoms with Gasteiger partial charge >= 0.3 is 0 Å². The summed E-state index contributed by atoms with van der Waals surface area (Å²) in [5, 5.41) is 0. The maximum atomic E-state index is 5.90. The highest BCUT2D eigenvalue weighted by atomic mass is 15.2. The Morgan fingerprint density at radius 1 is 0.862 bits per heavy atom. The van der Waals surface area contributed by atoms with E-state index in [1.165, 1.54) is 17.0 Å². The fourth-order valence-corrected chi connectivity index (χ4v) is 4.18. The lowest BCUT2D eigenvalue weighted by atomic mass is 10.0. The van der Waals surface area contributed by atoms with Crippen LogP contribution in [-0.2, 0) is 19.5 Å². The lowest BCUT2D eigenvalue weighted by molar-refractivity contribution is 0.124. The lowest BCUT2D eigenvalue weighted by Crippen LogP contribution is -2.47. The summed E-state index contributed by atoms with van der Waals surface area (Å²) in [5.41, 5.74) is 10.4. The van der Waals surface area contributed by atoms with Crippen molar-refractivity contribution in [2.24, 2.45) is 0 Å². The maximum Gasteiger partial charge on any atom is 0.0547 e. The van der Waals surface area contributed by atoms with Crippen LogP contribution >= 0.6 is 0 Å². The van der Waals surface area contributed by atoms with E-state index in [0.29, 0.717) is 6.04 Å². The van der Waals surface area contributed by atoms with Crippen LogP contribution < -0.4 is 5.73 Å². The van der Waals surface area contributed by atoms with Gasteiger partial charge in [0.25, 0.3) is 0 Å². The average molecular weight is 396 g/mol. The monoisotopic (exact) mass is 395 g/mol. The van der Waals surface area contributed by atoms with Crippen molar-refractivity contribution in [1.82, 2.24) is 19.7 Å². The summed E-state index contributed by atoms with van der Waals surface area (Å²) < 4.78 is 0. The van der Waals surface area contributed by atoms with E-state index in [2.05, 4.69) is 65.8 Å². The Balaban J connectivity index is 1.88. The molecule has 1 aliphatic rings. The molecule has 1 aromatic carbocycles. The second-order valence-corrected chi connectivity index (χ2v) is 8.04. The molecule has 0 saturated heterocycles. The number of aromatic nitrogens is 1. The first-order chi connectivity index (χ1) is 14.1. The van der Waals surface area contributed by atoms with Gasteiger partial charge in [-0.05, 0) is 55.9 Å². The summed E-state index contributed by atoms with van der Waals surface area (Å²) >= 11 is 0. The quantitative estimate of drug-likeness (QED) is 0.788. The number of rotatable bonds is 5. The van der Waals surface area contributed by atoms with Crippen LogP contribution in [-0.4, -0.2) is 65.0 Å². The SMILES string of the molecule is CCN1CCN(CC)C[C@H](Cc2ccc(N)cc2)N(CC)Cc2cccc(n2)C1. The van der Waals surface area contributed by atoms with Crippen molar-refractivity contribution in [2.75, 3.05) is 45.0 Å². The van der Waals surface area contributed by atoms with Gasteiger partial charge in [0.1, 0.15) is 0 Å². The molecular weight excluding hydrogens is 358 g/mol. The van der Waals surface area contributed by atoms with Crippen LogP contribution in [0.3, 0.4) is 0 Å². The molecule has 0 radical (unpaired) electrons. The van der Waals surface area contributed by atoms with Gasteiger partial charge in [0.05, 0.1) is 11.4 Å². The molecule has 0 fully saturated rings. The predicted octanol–water partition coefficient (Wildman–Crippen LogP) is 3.25. The Morgan fingerprint density at radius 3 is 2.17 bits per heavy atom. The Morgan fingerprint density at radius 2 is 1.52 bits per heavy atom. The van der Waals surface area contributed by atoms with Crippen LogP contribution in [0.15, 0.2) is 42.5 Å². The minimum Gasteiger partial charge on any atom is -0.399 e. The highest BCUT2D eigenvalue weighted by molar-refractivity contribution is 5.39. The Labute approximate surface area is 176 Å². The van der Waals surface area contributed by atoms with Crippen molar-refractivity contribution in [1.29, 1.82) is 0 Å². The van der Waals surface area contributed by atoms with Gasteiger partial charge in [0.15, 0.2) is 0 Å². The molecular formula is C24H37N5. The summed E-state index contributed by atoms with van der Waals surface area (Å²) in [5.74, 6) is 0. The molecule has 0 aliphatic carbocycles. The van der Waals surface area contributed by atoms with Crippen LogP contribution in [0.1, 0.15) is 37.7 Å². The zero-order valence-electron chi connectivity index (χ0n) is 18.3. The number of anilines is 1.